The zero-order chi connectivity index (χ0) is 14.5. The van der Waals surface area contributed by atoms with Crippen molar-refractivity contribution in [1.82, 2.24) is 9.88 Å². The molecule has 1 N–H and O–H groups in total. The molecule has 0 aliphatic heterocycles. The van der Waals surface area contributed by atoms with Crippen LogP contribution < -0.4 is 5.32 Å². The fraction of sp³-hybridized carbons (Fsp3) is 0.231. The Balaban J connectivity index is 1.91. The first-order valence-electron chi connectivity index (χ1n) is 5.92. The summed E-state index contributed by atoms with van der Waals surface area (Å²) in [7, 11) is 1.92. The summed E-state index contributed by atoms with van der Waals surface area (Å²) in [5, 5.41) is 7.77. The minimum absolute atomic E-state index is 0.628. The van der Waals surface area contributed by atoms with Gasteiger partial charge in [0.2, 0.25) is 0 Å². The van der Waals surface area contributed by atoms with Crippen molar-refractivity contribution < 1.29 is 0 Å². The molecule has 2 rings (SSSR count). The summed E-state index contributed by atoms with van der Waals surface area (Å²) >= 11 is 19.1. The summed E-state index contributed by atoms with van der Waals surface area (Å²) in [4.78, 5) is 6.08. The lowest BCUT2D eigenvalue weighted by Gasteiger charge is -2.20. The van der Waals surface area contributed by atoms with Gasteiger partial charge in [0.05, 0.1) is 0 Å². The van der Waals surface area contributed by atoms with Gasteiger partial charge in [0.25, 0.3) is 0 Å². The summed E-state index contributed by atoms with van der Waals surface area (Å²) in [6, 6.07) is 5.52. The third-order valence-electron chi connectivity index (χ3n) is 2.75. The number of hydrogen-bond donors (Lipinski definition) is 1. The second-order valence-electron chi connectivity index (χ2n) is 4.14. The number of anilines is 1. The molecule has 0 spiro atoms. The van der Waals surface area contributed by atoms with Crippen molar-refractivity contribution in [3.63, 3.8) is 0 Å². The van der Waals surface area contributed by atoms with Crippen molar-refractivity contribution in [2.45, 2.75) is 6.42 Å². The Morgan fingerprint density at radius 2 is 2.10 bits per heavy atom. The van der Waals surface area contributed by atoms with E-state index < -0.39 is 0 Å². The van der Waals surface area contributed by atoms with Crippen LogP contribution in [0.15, 0.2) is 29.8 Å². The highest BCUT2D eigenvalue weighted by molar-refractivity contribution is 7.80. The predicted octanol–water partition coefficient (Wildman–Crippen LogP) is 4.32. The first-order chi connectivity index (χ1) is 9.58. The van der Waals surface area contributed by atoms with Crippen molar-refractivity contribution in [1.29, 1.82) is 0 Å². The SMILES string of the molecule is CN(CCc1c(Cl)cccc1Cl)C(=S)Nc1nccs1. The van der Waals surface area contributed by atoms with E-state index in [-0.39, 0.29) is 0 Å². The summed E-state index contributed by atoms with van der Waals surface area (Å²) in [5.41, 5.74) is 0.944. The second kappa shape index (κ2) is 7.22. The van der Waals surface area contributed by atoms with Crippen molar-refractivity contribution in [2.75, 3.05) is 18.9 Å². The molecular formula is C13H13Cl2N3S2. The van der Waals surface area contributed by atoms with E-state index in [1.165, 1.54) is 11.3 Å². The van der Waals surface area contributed by atoms with E-state index in [9.17, 15) is 0 Å². The van der Waals surface area contributed by atoms with Gasteiger partial charge in [0.1, 0.15) is 0 Å². The van der Waals surface area contributed by atoms with Gasteiger partial charge in [-0.1, -0.05) is 29.3 Å². The molecule has 0 fully saturated rings. The van der Waals surface area contributed by atoms with Gasteiger partial charge in [-0.05, 0) is 36.3 Å². The van der Waals surface area contributed by atoms with Crippen LogP contribution in [0.1, 0.15) is 5.56 Å². The fourth-order valence-electron chi connectivity index (χ4n) is 1.62. The Kier molecular flexibility index (Phi) is 5.60. The number of benzene rings is 1. The highest BCUT2D eigenvalue weighted by Gasteiger charge is 2.09. The highest BCUT2D eigenvalue weighted by atomic mass is 35.5. The topological polar surface area (TPSA) is 28.2 Å². The van der Waals surface area contributed by atoms with E-state index in [2.05, 4.69) is 10.3 Å². The molecule has 20 heavy (non-hydrogen) atoms. The van der Waals surface area contributed by atoms with Gasteiger partial charge < -0.3 is 10.2 Å². The van der Waals surface area contributed by atoms with Crippen LogP contribution in [0.3, 0.4) is 0 Å². The first kappa shape index (κ1) is 15.5. The van der Waals surface area contributed by atoms with E-state index >= 15 is 0 Å². The van der Waals surface area contributed by atoms with E-state index in [1.807, 2.05) is 35.5 Å². The standard InChI is InChI=1S/C13H13Cl2N3S2/c1-18(13(19)17-12-16-6-8-20-12)7-5-9-10(14)3-2-4-11(9)15/h2-4,6,8H,5,7H2,1H3,(H,16,17,19). The quantitative estimate of drug-likeness (QED) is 0.835. The number of hydrogen-bond acceptors (Lipinski definition) is 3. The van der Waals surface area contributed by atoms with Gasteiger partial charge in [0.15, 0.2) is 10.2 Å². The van der Waals surface area contributed by atoms with Gasteiger partial charge in [0, 0.05) is 35.2 Å². The molecule has 3 nitrogen and oxygen atoms in total. The summed E-state index contributed by atoms with van der Waals surface area (Å²) < 4.78 is 0. The van der Waals surface area contributed by atoms with Crippen molar-refractivity contribution in [3.05, 3.63) is 45.4 Å². The summed E-state index contributed by atoms with van der Waals surface area (Å²) in [6.07, 6.45) is 2.47. The lowest BCUT2D eigenvalue weighted by Crippen LogP contribution is -2.32. The lowest BCUT2D eigenvalue weighted by molar-refractivity contribution is 0.516. The van der Waals surface area contributed by atoms with Crippen LogP contribution in [0.4, 0.5) is 5.13 Å². The van der Waals surface area contributed by atoms with Crippen molar-refractivity contribution >= 4 is 57.0 Å². The maximum atomic E-state index is 6.15. The zero-order valence-electron chi connectivity index (χ0n) is 10.8. The summed E-state index contributed by atoms with van der Waals surface area (Å²) in [6.45, 7) is 0.723. The molecule has 0 saturated heterocycles. The molecule has 0 atom stereocenters. The maximum Gasteiger partial charge on any atom is 0.188 e. The summed E-state index contributed by atoms with van der Waals surface area (Å²) in [5.74, 6) is 0. The number of rotatable bonds is 4. The van der Waals surface area contributed by atoms with Gasteiger partial charge >= 0.3 is 0 Å². The Morgan fingerprint density at radius 3 is 2.70 bits per heavy atom. The number of nitrogens with one attached hydrogen (secondary N) is 1. The maximum absolute atomic E-state index is 6.15. The molecule has 106 valence electrons. The molecule has 1 aromatic heterocycles. The van der Waals surface area contributed by atoms with E-state index in [4.69, 9.17) is 35.4 Å². The molecule has 0 aliphatic carbocycles. The van der Waals surface area contributed by atoms with Crippen LogP contribution in [0.5, 0.6) is 0 Å². The molecule has 0 saturated carbocycles. The fourth-order valence-corrected chi connectivity index (χ4v) is 2.99. The monoisotopic (exact) mass is 345 g/mol. The first-order valence-corrected chi connectivity index (χ1v) is 7.97. The molecular weight excluding hydrogens is 333 g/mol. The number of aromatic nitrogens is 1. The van der Waals surface area contributed by atoms with Crippen molar-refractivity contribution in [3.8, 4) is 0 Å². The molecule has 0 aliphatic rings. The highest BCUT2D eigenvalue weighted by Crippen LogP contribution is 2.24. The minimum atomic E-state index is 0.628. The van der Waals surface area contributed by atoms with Gasteiger partial charge in [-0.2, -0.15) is 0 Å². The largest absolute Gasteiger partial charge is 0.352 e. The normalized spacial score (nSPS) is 10.3. The van der Waals surface area contributed by atoms with E-state index in [1.54, 1.807) is 6.20 Å². The smallest absolute Gasteiger partial charge is 0.188 e. The molecule has 2 aromatic rings. The van der Waals surface area contributed by atoms with Crippen LogP contribution in [-0.4, -0.2) is 28.6 Å². The predicted molar refractivity (Wildman–Crippen MR) is 91.1 cm³/mol. The molecule has 0 bridgehead atoms. The number of thiazole rings is 1. The minimum Gasteiger partial charge on any atom is -0.352 e. The Labute approximate surface area is 137 Å². The third-order valence-corrected chi connectivity index (χ3v) is 4.56. The Morgan fingerprint density at radius 1 is 1.40 bits per heavy atom. The molecule has 0 unspecified atom stereocenters. The van der Waals surface area contributed by atoms with Crippen LogP contribution in [0.2, 0.25) is 10.0 Å². The Hall–Kier alpha value is -0.880. The average molecular weight is 346 g/mol. The molecule has 0 amide bonds. The van der Waals surface area contributed by atoms with Crippen LogP contribution in [0.25, 0.3) is 0 Å². The molecule has 1 heterocycles. The van der Waals surface area contributed by atoms with Crippen LogP contribution in [-0.2, 0) is 6.42 Å². The number of likely N-dealkylation sites (N-methyl/N-ethyl adjacent to an activating group) is 1. The average Bonchev–Trinajstić information content (AvgIpc) is 2.90. The molecule has 1 aromatic carbocycles. The van der Waals surface area contributed by atoms with Gasteiger partial charge in [-0.3, -0.25) is 0 Å². The van der Waals surface area contributed by atoms with Gasteiger partial charge in [-0.15, -0.1) is 11.3 Å². The van der Waals surface area contributed by atoms with Crippen LogP contribution >= 0.6 is 46.8 Å². The molecule has 7 heteroatoms. The molecule has 0 radical (unpaired) electrons. The third kappa shape index (κ3) is 4.06. The van der Waals surface area contributed by atoms with Crippen LogP contribution in [0, 0.1) is 0 Å². The number of halogens is 2. The number of thiocarbonyl (C=S) groups is 1. The van der Waals surface area contributed by atoms with Gasteiger partial charge in [-0.25, -0.2) is 4.98 Å². The zero-order valence-corrected chi connectivity index (χ0v) is 13.9. The number of nitrogens with zero attached hydrogens (tertiary/aromatic N) is 2. The lowest BCUT2D eigenvalue weighted by atomic mass is 10.1. The van der Waals surface area contributed by atoms with E-state index in [0.29, 0.717) is 15.2 Å². The Bertz CT molecular complexity index is 567. The van der Waals surface area contributed by atoms with Crippen molar-refractivity contribution in [2.24, 2.45) is 0 Å². The second-order valence-corrected chi connectivity index (χ2v) is 6.23. The van der Waals surface area contributed by atoms with E-state index in [0.717, 1.165) is 23.7 Å².